The number of benzene rings is 1. The predicted molar refractivity (Wildman–Crippen MR) is 95.7 cm³/mol. The quantitative estimate of drug-likeness (QED) is 0.912. The fraction of sp³-hybridized carbons (Fsp3) is 0.333. The van der Waals surface area contributed by atoms with Gasteiger partial charge in [0.2, 0.25) is 0 Å². The zero-order valence-corrected chi connectivity index (χ0v) is 14.6. The number of amides is 1. The van der Waals surface area contributed by atoms with Crippen molar-refractivity contribution in [3.05, 3.63) is 65.0 Å². The number of hydrogen-bond donors (Lipinski definition) is 1. The third kappa shape index (κ3) is 5.05. The third-order valence-electron chi connectivity index (χ3n) is 3.69. The largest absolute Gasteiger partial charge is 0.337 e. The van der Waals surface area contributed by atoms with E-state index in [1.807, 2.05) is 0 Å². The summed E-state index contributed by atoms with van der Waals surface area (Å²) in [7, 11) is 1.81. The molecule has 1 aromatic carbocycles. The highest BCUT2D eigenvalue weighted by Gasteiger charge is 2.13. The zero-order chi connectivity index (χ0) is 16.1. The molecule has 0 bridgehead atoms. The van der Waals surface area contributed by atoms with Gasteiger partial charge in [-0.05, 0) is 29.2 Å². The molecule has 0 aliphatic heterocycles. The molecule has 4 nitrogen and oxygen atoms in total. The van der Waals surface area contributed by atoms with Crippen molar-refractivity contribution in [3.8, 4) is 0 Å². The summed E-state index contributed by atoms with van der Waals surface area (Å²) >= 11 is 0. The predicted octanol–water partition coefficient (Wildman–Crippen LogP) is 3.36. The first kappa shape index (κ1) is 19.1. The van der Waals surface area contributed by atoms with Crippen molar-refractivity contribution in [1.82, 2.24) is 9.88 Å². The average molecular weight is 334 g/mol. The molecule has 124 valence electrons. The van der Waals surface area contributed by atoms with Crippen LogP contribution in [0.5, 0.6) is 0 Å². The van der Waals surface area contributed by atoms with Crippen molar-refractivity contribution in [2.45, 2.75) is 32.9 Å². The Bertz CT molecular complexity index is 641. The Labute approximate surface area is 144 Å². The molecule has 0 spiro atoms. The Morgan fingerprint density at radius 2 is 1.87 bits per heavy atom. The van der Waals surface area contributed by atoms with Crippen molar-refractivity contribution in [3.63, 3.8) is 0 Å². The Morgan fingerprint density at radius 3 is 2.43 bits per heavy atom. The smallest absolute Gasteiger partial charge is 0.254 e. The molecule has 0 aliphatic carbocycles. The normalized spacial score (nSPS) is 10.3. The lowest BCUT2D eigenvalue weighted by Gasteiger charge is -2.18. The highest BCUT2D eigenvalue weighted by molar-refractivity contribution is 5.94. The van der Waals surface area contributed by atoms with Crippen LogP contribution in [0.3, 0.4) is 0 Å². The molecule has 2 N–H and O–H groups in total. The van der Waals surface area contributed by atoms with Gasteiger partial charge in [-0.15, -0.1) is 12.4 Å². The molecule has 0 saturated carbocycles. The number of halogens is 1. The number of rotatable bonds is 5. The lowest BCUT2D eigenvalue weighted by molar-refractivity contribution is 0.0785. The van der Waals surface area contributed by atoms with Gasteiger partial charge in [0, 0.05) is 31.9 Å². The van der Waals surface area contributed by atoms with Gasteiger partial charge < -0.3 is 10.6 Å². The second-order valence-corrected chi connectivity index (χ2v) is 5.80. The molecule has 23 heavy (non-hydrogen) atoms. The second kappa shape index (κ2) is 8.65. The monoisotopic (exact) mass is 333 g/mol. The molecule has 0 aliphatic rings. The Hall–Kier alpha value is -1.91. The summed E-state index contributed by atoms with van der Waals surface area (Å²) in [5.74, 6) is 0.491. The second-order valence-electron chi connectivity index (χ2n) is 5.80. The van der Waals surface area contributed by atoms with Crippen LogP contribution in [-0.4, -0.2) is 22.8 Å². The maximum Gasteiger partial charge on any atom is 0.254 e. The van der Waals surface area contributed by atoms with Gasteiger partial charge >= 0.3 is 0 Å². The molecule has 0 saturated heterocycles. The molecule has 0 atom stereocenters. The number of nitrogens with zero attached hydrogens (tertiary/aromatic N) is 2. The molecule has 0 radical (unpaired) electrons. The topological polar surface area (TPSA) is 59.2 Å². The highest BCUT2D eigenvalue weighted by Crippen LogP contribution is 2.16. The van der Waals surface area contributed by atoms with Crippen LogP contribution in [-0.2, 0) is 13.1 Å². The molecule has 5 heteroatoms. The molecule has 1 heterocycles. The maximum atomic E-state index is 12.4. The molecular weight excluding hydrogens is 310 g/mol. The minimum Gasteiger partial charge on any atom is -0.337 e. The van der Waals surface area contributed by atoms with Crippen LogP contribution in [0.15, 0.2) is 42.6 Å². The van der Waals surface area contributed by atoms with Crippen molar-refractivity contribution in [2.75, 3.05) is 7.05 Å². The lowest BCUT2D eigenvalue weighted by Crippen LogP contribution is -2.26. The van der Waals surface area contributed by atoms with E-state index in [4.69, 9.17) is 5.73 Å². The highest BCUT2D eigenvalue weighted by atomic mass is 35.5. The summed E-state index contributed by atoms with van der Waals surface area (Å²) in [6.45, 7) is 5.26. The first-order valence-electron chi connectivity index (χ1n) is 7.50. The van der Waals surface area contributed by atoms with E-state index in [1.165, 1.54) is 5.56 Å². The van der Waals surface area contributed by atoms with Crippen molar-refractivity contribution >= 4 is 18.3 Å². The number of aromatic nitrogens is 1. The summed E-state index contributed by atoms with van der Waals surface area (Å²) < 4.78 is 0. The number of hydrogen-bond acceptors (Lipinski definition) is 3. The first-order valence-corrected chi connectivity index (χ1v) is 7.50. The van der Waals surface area contributed by atoms with Crippen LogP contribution in [0.2, 0.25) is 0 Å². The van der Waals surface area contributed by atoms with E-state index in [9.17, 15) is 4.79 Å². The zero-order valence-electron chi connectivity index (χ0n) is 13.8. The maximum absolute atomic E-state index is 12.4. The van der Waals surface area contributed by atoms with Gasteiger partial charge in [-0.1, -0.05) is 38.1 Å². The van der Waals surface area contributed by atoms with E-state index in [0.717, 1.165) is 11.3 Å². The lowest BCUT2D eigenvalue weighted by atomic mass is 10.0. The molecule has 1 amide bonds. The SMILES string of the molecule is CC(C)c1ccc(CN(C)C(=O)c2ccnc(CN)c2)cc1.Cl. The van der Waals surface area contributed by atoms with Crippen LogP contribution in [0.25, 0.3) is 0 Å². The van der Waals surface area contributed by atoms with Gasteiger partial charge in [-0.25, -0.2) is 0 Å². The van der Waals surface area contributed by atoms with Crippen LogP contribution < -0.4 is 5.73 Å². The number of nitrogens with two attached hydrogens (primary N) is 1. The van der Waals surface area contributed by atoms with Crippen LogP contribution in [0.1, 0.15) is 46.9 Å². The number of carbonyl (C=O) groups is 1. The summed E-state index contributed by atoms with van der Waals surface area (Å²) in [6.07, 6.45) is 1.63. The summed E-state index contributed by atoms with van der Waals surface area (Å²) in [5, 5.41) is 0. The summed E-state index contributed by atoms with van der Waals surface area (Å²) in [5.41, 5.74) is 9.34. The molecule has 0 unspecified atom stereocenters. The minimum absolute atomic E-state index is 0. The Kier molecular flexibility index (Phi) is 7.20. The molecule has 0 fully saturated rings. The van der Waals surface area contributed by atoms with E-state index in [0.29, 0.717) is 24.6 Å². The summed E-state index contributed by atoms with van der Waals surface area (Å²) in [6, 6.07) is 11.9. The van der Waals surface area contributed by atoms with Gasteiger partial charge in [0.15, 0.2) is 0 Å². The molecular formula is C18H24ClN3O. The fourth-order valence-corrected chi connectivity index (χ4v) is 2.30. The van der Waals surface area contributed by atoms with E-state index < -0.39 is 0 Å². The number of carbonyl (C=O) groups excluding carboxylic acids is 1. The average Bonchev–Trinajstić information content (AvgIpc) is 2.54. The van der Waals surface area contributed by atoms with Gasteiger partial charge in [0.25, 0.3) is 5.91 Å². The van der Waals surface area contributed by atoms with E-state index in [-0.39, 0.29) is 18.3 Å². The van der Waals surface area contributed by atoms with Crippen LogP contribution >= 0.6 is 12.4 Å². The molecule has 1 aromatic heterocycles. The van der Waals surface area contributed by atoms with Crippen LogP contribution in [0.4, 0.5) is 0 Å². The van der Waals surface area contributed by atoms with Gasteiger partial charge in [-0.3, -0.25) is 9.78 Å². The first-order chi connectivity index (χ1) is 10.5. The van der Waals surface area contributed by atoms with E-state index in [1.54, 1.807) is 30.3 Å². The summed E-state index contributed by atoms with van der Waals surface area (Å²) in [4.78, 5) is 18.3. The van der Waals surface area contributed by atoms with Gasteiger partial charge in [0.1, 0.15) is 0 Å². The van der Waals surface area contributed by atoms with E-state index in [2.05, 4.69) is 43.1 Å². The minimum atomic E-state index is -0.0231. The van der Waals surface area contributed by atoms with Gasteiger partial charge in [0.05, 0.1) is 5.69 Å². The Morgan fingerprint density at radius 1 is 1.22 bits per heavy atom. The van der Waals surface area contributed by atoms with Crippen molar-refractivity contribution in [2.24, 2.45) is 5.73 Å². The third-order valence-corrected chi connectivity index (χ3v) is 3.69. The fourth-order valence-electron chi connectivity index (χ4n) is 2.30. The molecule has 2 aromatic rings. The standard InChI is InChI=1S/C18H23N3O.ClH/c1-13(2)15-6-4-14(5-7-15)12-21(3)18(22)16-8-9-20-17(10-16)11-19;/h4-10,13H,11-12,19H2,1-3H3;1H. The van der Waals surface area contributed by atoms with Crippen molar-refractivity contribution in [1.29, 1.82) is 0 Å². The van der Waals surface area contributed by atoms with Crippen LogP contribution in [0, 0.1) is 0 Å². The Balaban J connectivity index is 0.00000264. The molecule has 2 rings (SSSR count). The van der Waals surface area contributed by atoms with E-state index >= 15 is 0 Å². The van der Waals surface area contributed by atoms with Crippen molar-refractivity contribution < 1.29 is 4.79 Å². The number of pyridine rings is 1. The van der Waals surface area contributed by atoms with Gasteiger partial charge in [-0.2, -0.15) is 0 Å².